The van der Waals surface area contributed by atoms with Crippen LogP contribution in [0.15, 0.2) is 30.3 Å². The second-order valence-corrected chi connectivity index (χ2v) is 6.69. The van der Waals surface area contributed by atoms with E-state index in [0.29, 0.717) is 13.0 Å². The average molecular weight is 323 g/mol. The predicted molar refractivity (Wildman–Crippen MR) is 90.5 cm³/mol. The fourth-order valence-corrected chi connectivity index (χ4v) is 3.13. The van der Waals surface area contributed by atoms with Crippen LogP contribution in [0.5, 0.6) is 0 Å². The number of rotatable bonds is 7. The van der Waals surface area contributed by atoms with Crippen LogP contribution >= 0.6 is 11.8 Å². The number of hydrazine groups is 1. The van der Waals surface area contributed by atoms with Crippen molar-refractivity contribution in [3.05, 3.63) is 35.9 Å². The quantitative estimate of drug-likeness (QED) is 0.703. The van der Waals surface area contributed by atoms with Gasteiger partial charge in [0.05, 0.1) is 0 Å². The molecular formula is C16H25N3O2S. The largest absolute Gasteiger partial charge is 0.383 e. The highest BCUT2D eigenvalue weighted by atomic mass is 32.2. The zero-order valence-electron chi connectivity index (χ0n) is 13.2. The van der Waals surface area contributed by atoms with Crippen LogP contribution in [0.2, 0.25) is 0 Å². The SMILES string of the molecule is CSCCC(O)C(=O)N(C)CC1CC(c2ccccc2)NN1. The summed E-state index contributed by atoms with van der Waals surface area (Å²) in [6, 6.07) is 10.7. The van der Waals surface area contributed by atoms with Gasteiger partial charge >= 0.3 is 0 Å². The topological polar surface area (TPSA) is 64.6 Å². The molecule has 0 saturated carbocycles. The molecule has 1 aliphatic rings. The molecule has 1 heterocycles. The van der Waals surface area contributed by atoms with Gasteiger partial charge in [-0.3, -0.25) is 10.2 Å². The third kappa shape index (κ3) is 4.71. The van der Waals surface area contributed by atoms with E-state index in [1.165, 1.54) is 5.56 Å². The van der Waals surface area contributed by atoms with Crippen LogP contribution < -0.4 is 10.9 Å². The van der Waals surface area contributed by atoms with Gasteiger partial charge in [0.1, 0.15) is 6.10 Å². The molecule has 3 unspecified atom stereocenters. The number of thioether (sulfide) groups is 1. The molecule has 0 aromatic heterocycles. The van der Waals surface area contributed by atoms with Gasteiger partial charge in [-0.05, 0) is 30.4 Å². The van der Waals surface area contributed by atoms with Crippen LogP contribution in [-0.2, 0) is 4.79 Å². The number of nitrogens with one attached hydrogen (secondary N) is 2. The number of aliphatic hydroxyl groups excluding tert-OH is 1. The highest BCUT2D eigenvalue weighted by Gasteiger charge is 2.28. The molecule has 1 aliphatic heterocycles. The van der Waals surface area contributed by atoms with E-state index >= 15 is 0 Å². The molecule has 122 valence electrons. The van der Waals surface area contributed by atoms with Gasteiger partial charge in [-0.1, -0.05) is 30.3 Å². The number of nitrogens with zero attached hydrogens (tertiary/aromatic N) is 1. The Morgan fingerprint density at radius 2 is 2.14 bits per heavy atom. The van der Waals surface area contributed by atoms with E-state index in [0.717, 1.165) is 12.2 Å². The van der Waals surface area contributed by atoms with Crippen LogP contribution in [0.3, 0.4) is 0 Å². The van der Waals surface area contributed by atoms with E-state index in [9.17, 15) is 9.90 Å². The molecule has 0 bridgehead atoms. The van der Waals surface area contributed by atoms with E-state index in [4.69, 9.17) is 0 Å². The third-order valence-corrected chi connectivity index (χ3v) is 4.58. The lowest BCUT2D eigenvalue weighted by atomic mass is 10.0. The number of aliphatic hydroxyl groups is 1. The molecule has 1 aromatic rings. The number of likely N-dealkylation sites (N-methyl/N-ethyl adjacent to an activating group) is 1. The van der Waals surface area contributed by atoms with Crippen molar-refractivity contribution in [2.45, 2.75) is 31.0 Å². The minimum atomic E-state index is -0.892. The van der Waals surface area contributed by atoms with Crippen molar-refractivity contribution in [3.8, 4) is 0 Å². The molecule has 5 nitrogen and oxygen atoms in total. The van der Waals surface area contributed by atoms with Crippen molar-refractivity contribution < 1.29 is 9.90 Å². The molecule has 0 spiro atoms. The molecule has 1 aromatic carbocycles. The normalized spacial score (nSPS) is 22.5. The maximum absolute atomic E-state index is 12.1. The Labute approximate surface area is 136 Å². The van der Waals surface area contributed by atoms with Crippen LogP contribution in [0.25, 0.3) is 0 Å². The van der Waals surface area contributed by atoms with Crippen LogP contribution in [0.4, 0.5) is 0 Å². The maximum Gasteiger partial charge on any atom is 0.251 e. The first-order valence-corrected chi connectivity index (χ1v) is 8.99. The lowest BCUT2D eigenvalue weighted by Crippen LogP contribution is -2.44. The fourth-order valence-electron chi connectivity index (χ4n) is 2.67. The molecule has 3 N–H and O–H groups in total. The molecule has 3 atom stereocenters. The summed E-state index contributed by atoms with van der Waals surface area (Å²) in [4.78, 5) is 13.7. The third-order valence-electron chi connectivity index (χ3n) is 3.93. The second-order valence-electron chi connectivity index (χ2n) is 5.70. The molecule has 0 aliphatic carbocycles. The van der Waals surface area contributed by atoms with Gasteiger partial charge in [0.15, 0.2) is 0 Å². The van der Waals surface area contributed by atoms with E-state index in [-0.39, 0.29) is 18.0 Å². The summed E-state index contributed by atoms with van der Waals surface area (Å²) in [5.41, 5.74) is 7.76. The van der Waals surface area contributed by atoms with Gasteiger partial charge < -0.3 is 10.0 Å². The summed E-state index contributed by atoms with van der Waals surface area (Å²) in [5.74, 6) is 0.596. The zero-order chi connectivity index (χ0) is 15.9. The van der Waals surface area contributed by atoms with E-state index in [1.807, 2.05) is 24.5 Å². The lowest BCUT2D eigenvalue weighted by molar-refractivity contribution is -0.139. The van der Waals surface area contributed by atoms with Crippen molar-refractivity contribution in [3.63, 3.8) is 0 Å². The van der Waals surface area contributed by atoms with Crippen LogP contribution in [0, 0.1) is 0 Å². The number of carbonyl (C=O) groups is 1. The Balaban J connectivity index is 1.80. The van der Waals surface area contributed by atoms with E-state index in [1.54, 1.807) is 23.7 Å². The molecule has 0 radical (unpaired) electrons. The summed E-state index contributed by atoms with van der Waals surface area (Å²) in [7, 11) is 1.75. The van der Waals surface area contributed by atoms with E-state index in [2.05, 4.69) is 23.0 Å². The molecule has 1 amide bonds. The Morgan fingerprint density at radius 1 is 1.41 bits per heavy atom. The standard InChI is InChI=1S/C16H25N3O2S/c1-19(16(21)15(20)8-9-22-2)11-13-10-14(18-17-13)12-6-4-3-5-7-12/h3-7,13-15,17-18,20H,8-11H2,1-2H3. The van der Waals surface area contributed by atoms with Crippen LogP contribution in [0.1, 0.15) is 24.4 Å². The molecule has 22 heavy (non-hydrogen) atoms. The number of benzene rings is 1. The Morgan fingerprint density at radius 3 is 2.82 bits per heavy atom. The minimum absolute atomic E-state index is 0.187. The van der Waals surface area contributed by atoms with Crippen molar-refractivity contribution in [2.75, 3.05) is 25.6 Å². The number of amides is 1. The van der Waals surface area contributed by atoms with Crippen LogP contribution in [-0.4, -0.2) is 53.7 Å². The van der Waals surface area contributed by atoms with Crippen molar-refractivity contribution >= 4 is 17.7 Å². The summed E-state index contributed by atoms with van der Waals surface area (Å²) in [6.45, 7) is 0.589. The summed E-state index contributed by atoms with van der Waals surface area (Å²) in [5, 5.41) is 9.88. The van der Waals surface area contributed by atoms with Gasteiger partial charge in [0, 0.05) is 25.7 Å². The van der Waals surface area contributed by atoms with Gasteiger partial charge in [-0.25, -0.2) is 5.43 Å². The lowest BCUT2D eigenvalue weighted by Gasteiger charge is -2.23. The van der Waals surface area contributed by atoms with E-state index < -0.39 is 6.10 Å². The first kappa shape index (κ1) is 17.3. The zero-order valence-corrected chi connectivity index (χ0v) is 14.0. The summed E-state index contributed by atoms with van der Waals surface area (Å²) < 4.78 is 0. The number of hydrogen-bond acceptors (Lipinski definition) is 5. The maximum atomic E-state index is 12.1. The van der Waals surface area contributed by atoms with Gasteiger partial charge in [-0.2, -0.15) is 11.8 Å². The monoisotopic (exact) mass is 323 g/mol. The minimum Gasteiger partial charge on any atom is -0.383 e. The predicted octanol–water partition coefficient (Wildman–Crippen LogP) is 1.17. The van der Waals surface area contributed by atoms with Gasteiger partial charge in [-0.15, -0.1) is 0 Å². The summed E-state index contributed by atoms with van der Waals surface area (Å²) in [6.07, 6.45) is 2.51. The second kappa shape index (κ2) is 8.53. The Bertz CT molecular complexity index is 472. The highest BCUT2D eigenvalue weighted by Crippen LogP contribution is 2.22. The smallest absolute Gasteiger partial charge is 0.251 e. The molecule has 2 rings (SSSR count). The molecule has 1 fully saturated rings. The number of hydrogen-bond donors (Lipinski definition) is 3. The van der Waals surface area contributed by atoms with Gasteiger partial charge in [0.25, 0.3) is 5.91 Å². The first-order chi connectivity index (χ1) is 10.6. The molecule has 6 heteroatoms. The number of carbonyl (C=O) groups excluding carboxylic acids is 1. The van der Waals surface area contributed by atoms with Gasteiger partial charge in [0.2, 0.25) is 0 Å². The highest BCUT2D eigenvalue weighted by molar-refractivity contribution is 7.98. The fraction of sp³-hybridized carbons (Fsp3) is 0.562. The Kier molecular flexibility index (Phi) is 6.70. The Hall–Kier alpha value is -1.08. The van der Waals surface area contributed by atoms with Crippen molar-refractivity contribution in [1.29, 1.82) is 0 Å². The average Bonchev–Trinajstić information content (AvgIpc) is 3.01. The molecular weight excluding hydrogens is 298 g/mol. The molecule has 1 saturated heterocycles. The van der Waals surface area contributed by atoms with Crippen molar-refractivity contribution in [1.82, 2.24) is 15.8 Å². The summed E-state index contributed by atoms with van der Waals surface area (Å²) >= 11 is 1.64. The first-order valence-electron chi connectivity index (χ1n) is 7.59. The van der Waals surface area contributed by atoms with Crippen molar-refractivity contribution in [2.24, 2.45) is 0 Å².